The van der Waals surface area contributed by atoms with Crippen molar-refractivity contribution in [2.24, 2.45) is 0 Å². The molecule has 1 aliphatic rings. The topological polar surface area (TPSA) is 217 Å². The Kier molecular flexibility index (Phi) is 13.6. The van der Waals surface area contributed by atoms with Crippen LogP contribution >= 0.6 is 0 Å². The molecule has 5 N–H and O–H groups in total. The summed E-state index contributed by atoms with van der Waals surface area (Å²) in [6, 6.07) is 3.99. The Morgan fingerprint density at radius 1 is 0.976 bits per heavy atom. The molecule has 16 nitrogen and oxygen atoms in total. The third kappa shape index (κ3) is 11.3. The largest absolute Gasteiger partial charge is 0.484 e. The normalized spacial score (nSPS) is 14.9. The first-order valence-electron chi connectivity index (χ1n) is 13.1. The van der Waals surface area contributed by atoms with E-state index in [4.69, 9.17) is 34.6 Å². The second-order valence-electron chi connectivity index (χ2n) is 9.56. The molecule has 2 aromatic heterocycles. The minimum Gasteiger partial charge on any atom is -0.484 e. The Bertz CT molecular complexity index is 1150. The summed E-state index contributed by atoms with van der Waals surface area (Å²) in [6.45, 7) is 6.91. The van der Waals surface area contributed by atoms with E-state index >= 15 is 0 Å². The Hall–Kier alpha value is -4.28. The molecule has 2 aromatic rings. The van der Waals surface area contributed by atoms with Gasteiger partial charge in [0.05, 0.1) is 12.8 Å². The van der Waals surface area contributed by atoms with E-state index in [1.807, 2.05) is 26.2 Å². The number of anilines is 1. The van der Waals surface area contributed by atoms with Crippen LogP contribution in [0.2, 0.25) is 0 Å². The molecule has 0 radical (unpaired) electrons. The summed E-state index contributed by atoms with van der Waals surface area (Å²) in [7, 11) is 4.00. The maximum absolute atomic E-state index is 10.3. The molecule has 0 aromatic carbocycles. The number of rotatable bonds is 15. The summed E-state index contributed by atoms with van der Waals surface area (Å²) in [6.07, 6.45) is 2.74. The molecular formula is C26H38N6O10. The van der Waals surface area contributed by atoms with Crippen LogP contribution in [0.4, 0.5) is 5.82 Å². The lowest BCUT2D eigenvalue weighted by molar-refractivity contribution is -0.170. The number of carboxylic acid groups (broad SMARTS) is 3. The lowest BCUT2D eigenvalue weighted by Crippen LogP contribution is -2.50. The molecule has 1 saturated heterocycles. The van der Waals surface area contributed by atoms with Crippen molar-refractivity contribution in [3.8, 4) is 17.5 Å². The highest BCUT2D eigenvalue weighted by molar-refractivity contribution is 5.88. The molecular weight excluding hydrogens is 556 g/mol. The number of aliphatic carboxylic acids is 3. The van der Waals surface area contributed by atoms with Gasteiger partial charge in [0.2, 0.25) is 0 Å². The van der Waals surface area contributed by atoms with E-state index < -0.39 is 36.4 Å². The highest BCUT2D eigenvalue weighted by atomic mass is 16.5. The molecule has 0 spiro atoms. The highest BCUT2D eigenvalue weighted by Gasteiger charge is 2.40. The minimum atomic E-state index is -2.74. The van der Waals surface area contributed by atoms with Gasteiger partial charge in [0, 0.05) is 50.8 Å². The number of carboxylic acids is 3. The van der Waals surface area contributed by atoms with Crippen molar-refractivity contribution in [3.63, 3.8) is 0 Å². The minimum absolute atomic E-state index is 0.330. The van der Waals surface area contributed by atoms with Crippen molar-refractivity contribution in [2.45, 2.75) is 31.4 Å². The van der Waals surface area contributed by atoms with Crippen molar-refractivity contribution in [2.75, 3.05) is 65.0 Å². The SMILES string of the molecule is C[C@@H]1CNCCN1c1nccnc1OCCOc1cccnc1OCCN(C)C.O=C(O)CC(O)(CC(=O)O)C(=O)O. The van der Waals surface area contributed by atoms with Gasteiger partial charge in [-0.05, 0) is 33.2 Å². The van der Waals surface area contributed by atoms with Crippen LogP contribution in [-0.2, 0) is 14.4 Å². The van der Waals surface area contributed by atoms with Crippen molar-refractivity contribution in [1.29, 1.82) is 0 Å². The highest BCUT2D eigenvalue weighted by Crippen LogP contribution is 2.26. The maximum atomic E-state index is 10.3. The molecule has 16 heteroatoms. The van der Waals surface area contributed by atoms with Crippen LogP contribution in [0, 0.1) is 0 Å². The molecule has 0 unspecified atom stereocenters. The second kappa shape index (κ2) is 16.9. The van der Waals surface area contributed by atoms with Crippen molar-refractivity contribution >= 4 is 23.7 Å². The average molecular weight is 595 g/mol. The third-order valence-electron chi connectivity index (χ3n) is 5.80. The summed E-state index contributed by atoms with van der Waals surface area (Å²) in [4.78, 5) is 47.9. The summed E-state index contributed by atoms with van der Waals surface area (Å²) in [5.41, 5.74) is -2.74. The average Bonchev–Trinajstić information content (AvgIpc) is 2.92. The van der Waals surface area contributed by atoms with Crippen LogP contribution in [-0.4, -0.2) is 130 Å². The van der Waals surface area contributed by atoms with Crippen LogP contribution in [0.1, 0.15) is 19.8 Å². The quantitative estimate of drug-likeness (QED) is 0.169. The van der Waals surface area contributed by atoms with E-state index in [1.165, 1.54) is 0 Å². The van der Waals surface area contributed by atoms with Crippen molar-refractivity contribution in [1.82, 2.24) is 25.2 Å². The second-order valence-corrected chi connectivity index (χ2v) is 9.56. The molecule has 0 amide bonds. The number of likely N-dealkylation sites (N-methyl/N-ethyl adjacent to an activating group) is 1. The van der Waals surface area contributed by atoms with E-state index in [9.17, 15) is 14.4 Å². The molecule has 1 aliphatic heterocycles. The third-order valence-corrected chi connectivity index (χ3v) is 5.80. The summed E-state index contributed by atoms with van der Waals surface area (Å²) >= 11 is 0. The van der Waals surface area contributed by atoms with Gasteiger partial charge in [0.25, 0.3) is 11.8 Å². The van der Waals surface area contributed by atoms with E-state index in [2.05, 4.69) is 37.0 Å². The fourth-order valence-electron chi connectivity index (χ4n) is 3.70. The number of nitrogens with one attached hydrogen (secondary N) is 1. The van der Waals surface area contributed by atoms with Crippen LogP contribution < -0.4 is 24.4 Å². The number of piperazine rings is 1. The number of aromatic nitrogens is 3. The molecule has 0 saturated carbocycles. The van der Waals surface area contributed by atoms with E-state index in [0.717, 1.165) is 32.0 Å². The first kappa shape index (κ1) is 33.9. The summed E-state index contributed by atoms with van der Waals surface area (Å²) < 4.78 is 17.4. The monoisotopic (exact) mass is 594 g/mol. The number of aliphatic hydroxyl groups is 1. The van der Waals surface area contributed by atoms with Gasteiger partial charge in [-0.1, -0.05) is 0 Å². The number of pyridine rings is 1. The predicted molar refractivity (Wildman–Crippen MR) is 148 cm³/mol. The lowest BCUT2D eigenvalue weighted by atomic mass is 9.96. The number of hydrogen-bond acceptors (Lipinski definition) is 13. The van der Waals surface area contributed by atoms with E-state index in [-0.39, 0.29) is 0 Å². The van der Waals surface area contributed by atoms with Crippen molar-refractivity contribution < 1.29 is 49.0 Å². The Balaban J connectivity index is 0.000000401. The fraction of sp³-hybridized carbons (Fsp3) is 0.538. The Morgan fingerprint density at radius 3 is 2.21 bits per heavy atom. The molecule has 0 aliphatic carbocycles. The summed E-state index contributed by atoms with van der Waals surface area (Å²) in [5, 5.41) is 37.2. The standard InChI is InChI=1S/C20H30N6O3.C6H8O7/c1-16-15-21-9-10-26(16)18-20(24-8-7-22-18)29-14-13-27-17-5-4-6-23-19(17)28-12-11-25(2)3;7-3(8)1-6(13,5(11)12)2-4(9)10/h4-8,16,21H,9-15H2,1-3H3;13H,1-2H2,(H,7,8)(H,9,10)(H,11,12)/t16-;/m1./s1. The van der Waals surface area contributed by atoms with Crippen LogP contribution in [0.25, 0.3) is 0 Å². The van der Waals surface area contributed by atoms with Gasteiger partial charge in [0.15, 0.2) is 17.2 Å². The number of nitrogens with zero attached hydrogens (tertiary/aromatic N) is 5. The zero-order chi connectivity index (χ0) is 31.1. The van der Waals surface area contributed by atoms with Gasteiger partial charge >= 0.3 is 17.9 Å². The lowest BCUT2D eigenvalue weighted by Gasteiger charge is -2.35. The Morgan fingerprint density at radius 2 is 1.60 bits per heavy atom. The first-order valence-corrected chi connectivity index (χ1v) is 13.1. The van der Waals surface area contributed by atoms with Crippen LogP contribution in [0.5, 0.6) is 17.5 Å². The van der Waals surface area contributed by atoms with E-state index in [1.54, 1.807) is 18.6 Å². The van der Waals surface area contributed by atoms with Gasteiger partial charge < -0.3 is 49.8 Å². The van der Waals surface area contributed by atoms with Gasteiger partial charge in [0.1, 0.15) is 19.8 Å². The molecule has 3 heterocycles. The summed E-state index contributed by atoms with van der Waals surface area (Å²) in [5.74, 6) is -2.63. The number of ether oxygens (including phenoxy) is 3. The fourth-order valence-corrected chi connectivity index (χ4v) is 3.70. The van der Waals surface area contributed by atoms with Crippen LogP contribution in [0.3, 0.4) is 0 Å². The molecule has 1 atom stereocenters. The maximum Gasteiger partial charge on any atom is 0.336 e. The molecule has 232 valence electrons. The van der Waals surface area contributed by atoms with Gasteiger partial charge in [-0.3, -0.25) is 9.59 Å². The number of carbonyl (C=O) groups is 3. The predicted octanol–water partition coefficient (Wildman–Crippen LogP) is -0.181. The van der Waals surface area contributed by atoms with Gasteiger partial charge in [-0.15, -0.1) is 0 Å². The number of hydrogen-bond donors (Lipinski definition) is 5. The smallest absolute Gasteiger partial charge is 0.336 e. The molecule has 1 fully saturated rings. The molecule has 42 heavy (non-hydrogen) atoms. The molecule has 0 bridgehead atoms. The first-order chi connectivity index (χ1) is 19.9. The van der Waals surface area contributed by atoms with E-state index in [0.29, 0.717) is 43.4 Å². The molecule has 3 rings (SSSR count). The van der Waals surface area contributed by atoms with Gasteiger partial charge in [-0.2, -0.15) is 0 Å². The Labute approximate surface area is 242 Å². The zero-order valence-electron chi connectivity index (χ0n) is 23.8. The zero-order valence-corrected chi connectivity index (χ0v) is 23.8. The van der Waals surface area contributed by atoms with Crippen LogP contribution in [0.15, 0.2) is 30.7 Å². The van der Waals surface area contributed by atoms with Crippen molar-refractivity contribution in [3.05, 3.63) is 30.7 Å². The van der Waals surface area contributed by atoms with Gasteiger partial charge in [-0.25, -0.2) is 19.7 Å².